The minimum Gasteiger partial charge on any atom is -0.481 e. The smallest absolute Gasteiger partial charge is 0.303 e. The van der Waals surface area contributed by atoms with Gasteiger partial charge in [-0.25, -0.2) is 0 Å². The molecule has 6 heteroatoms. The Labute approximate surface area is 210 Å². The molecule has 0 amide bonds. The van der Waals surface area contributed by atoms with E-state index < -0.39 is 12.1 Å². The van der Waals surface area contributed by atoms with Crippen LogP contribution in [-0.2, 0) is 20.9 Å². The van der Waals surface area contributed by atoms with Crippen LogP contribution in [0, 0.1) is 5.92 Å². The Hall–Kier alpha value is -1.73. The van der Waals surface area contributed by atoms with Gasteiger partial charge in [0.1, 0.15) is 0 Å². The summed E-state index contributed by atoms with van der Waals surface area (Å²) in [5.41, 5.74) is 2.66. The van der Waals surface area contributed by atoms with Crippen molar-refractivity contribution >= 4 is 5.97 Å². The number of morpholine rings is 1. The van der Waals surface area contributed by atoms with E-state index in [1.54, 1.807) is 0 Å². The van der Waals surface area contributed by atoms with E-state index >= 15 is 0 Å². The van der Waals surface area contributed by atoms with E-state index in [1.807, 2.05) is 6.08 Å². The number of hydrogen-bond acceptors (Lipinski definition) is 5. The lowest BCUT2D eigenvalue weighted by Gasteiger charge is -2.38. The molecule has 0 bridgehead atoms. The molecule has 3 aliphatic rings. The molecular weight excluding hydrogens is 442 g/mol. The average Bonchev–Trinajstić information content (AvgIpc) is 3.20. The number of rotatable bonds is 11. The fraction of sp³-hybridized carbons (Fsp3) is 0.690. The number of aliphatic carboxylic acids is 1. The summed E-state index contributed by atoms with van der Waals surface area (Å²) in [4.78, 5) is 13.1. The second kappa shape index (κ2) is 13.5. The molecule has 0 aromatic heterocycles. The molecule has 4 rings (SSSR count). The average molecular weight is 486 g/mol. The first-order valence-electron chi connectivity index (χ1n) is 13.7. The summed E-state index contributed by atoms with van der Waals surface area (Å²) >= 11 is 0. The molecule has 194 valence electrons. The monoisotopic (exact) mass is 485 g/mol. The van der Waals surface area contributed by atoms with Gasteiger partial charge in [0.15, 0.2) is 0 Å². The number of nitrogens with zero attached hydrogens (tertiary/aromatic N) is 1. The van der Waals surface area contributed by atoms with Crippen molar-refractivity contribution in [3.05, 3.63) is 47.5 Å². The van der Waals surface area contributed by atoms with Gasteiger partial charge in [-0.2, -0.15) is 0 Å². The molecule has 2 N–H and O–H groups in total. The fourth-order valence-electron chi connectivity index (χ4n) is 6.25. The van der Waals surface area contributed by atoms with Crippen LogP contribution in [0.15, 0.2) is 36.4 Å². The number of aliphatic hydroxyl groups is 1. The van der Waals surface area contributed by atoms with Crippen molar-refractivity contribution < 1.29 is 24.5 Å². The molecule has 0 unspecified atom stereocenters. The van der Waals surface area contributed by atoms with Gasteiger partial charge < -0.3 is 19.7 Å². The van der Waals surface area contributed by atoms with Gasteiger partial charge in [-0.1, -0.05) is 55.7 Å². The number of carbonyl (C=O) groups is 1. The van der Waals surface area contributed by atoms with E-state index in [9.17, 15) is 9.90 Å². The molecule has 35 heavy (non-hydrogen) atoms. The molecule has 1 aliphatic heterocycles. The fourth-order valence-corrected chi connectivity index (χ4v) is 6.25. The van der Waals surface area contributed by atoms with E-state index in [0.29, 0.717) is 38.6 Å². The van der Waals surface area contributed by atoms with Crippen LogP contribution in [-0.4, -0.2) is 65.6 Å². The maximum absolute atomic E-state index is 11.0. The topological polar surface area (TPSA) is 79.2 Å². The van der Waals surface area contributed by atoms with Gasteiger partial charge in [-0.05, 0) is 49.1 Å². The van der Waals surface area contributed by atoms with E-state index in [0.717, 1.165) is 25.9 Å². The van der Waals surface area contributed by atoms with Gasteiger partial charge in [-0.15, -0.1) is 0 Å². The highest BCUT2D eigenvalue weighted by molar-refractivity contribution is 5.66. The largest absolute Gasteiger partial charge is 0.481 e. The Balaban J connectivity index is 1.35. The number of benzene rings is 1. The lowest BCUT2D eigenvalue weighted by Crippen LogP contribution is -2.50. The summed E-state index contributed by atoms with van der Waals surface area (Å²) < 4.78 is 12.0. The molecule has 1 aromatic rings. The number of aliphatic hydroxyl groups excluding tert-OH is 1. The summed E-state index contributed by atoms with van der Waals surface area (Å²) in [6.45, 7) is 3.70. The van der Waals surface area contributed by atoms with Crippen molar-refractivity contribution in [3.63, 3.8) is 0 Å². The van der Waals surface area contributed by atoms with Crippen molar-refractivity contribution in [2.75, 3.05) is 26.3 Å². The van der Waals surface area contributed by atoms with Crippen molar-refractivity contribution in [2.45, 2.75) is 95.0 Å². The van der Waals surface area contributed by atoms with Crippen LogP contribution in [0.3, 0.4) is 0 Å². The van der Waals surface area contributed by atoms with Crippen LogP contribution in [0.1, 0.15) is 81.3 Å². The van der Waals surface area contributed by atoms with Gasteiger partial charge in [0, 0.05) is 37.9 Å². The quantitative estimate of drug-likeness (QED) is 0.434. The molecule has 4 atom stereocenters. The van der Waals surface area contributed by atoms with Crippen molar-refractivity contribution in [1.29, 1.82) is 0 Å². The first-order valence-corrected chi connectivity index (χ1v) is 13.7. The molecule has 1 saturated heterocycles. The molecule has 6 nitrogen and oxygen atoms in total. The summed E-state index contributed by atoms with van der Waals surface area (Å²) in [5.74, 6) is 0.195. The summed E-state index contributed by atoms with van der Waals surface area (Å²) in [5, 5.41) is 19.8. The number of carboxylic acid groups (broad SMARTS) is 1. The zero-order chi connectivity index (χ0) is 24.5. The summed E-state index contributed by atoms with van der Waals surface area (Å²) in [6.07, 6.45) is 13.6. The van der Waals surface area contributed by atoms with E-state index in [1.165, 1.54) is 43.2 Å². The standard InChI is InChI=1S/C29H43NO5/c31-26-20-27(35-21-22-12-14-24(15-13-22)23-8-4-3-5-9-23)25(10-6-1-2-7-11-28(32)33)29(26)30-16-18-34-19-17-30/h1-2,12-15,23,25-27,29,31H,3-11,16-21H2,(H,32,33)/b2-1-/t25-,26+,27-,29+/m0/s1. The van der Waals surface area contributed by atoms with Crippen molar-refractivity contribution in [3.8, 4) is 0 Å². The molecule has 2 saturated carbocycles. The molecule has 0 radical (unpaired) electrons. The number of carboxylic acids is 1. The van der Waals surface area contributed by atoms with Gasteiger partial charge in [-0.3, -0.25) is 9.69 Å². The maximum Gasteiger partial charge on any atom is 0.303 e. The molecular formula is C29H43NO5. The minimum atomic E-state index is -0.763. The Morgan fingerprint density at radius 1 is 1.06 bits per heavy atom. The summed E-state index contributed by atoms with van der Waals surface area (Å²) in [6, 6.07) is 9.09. The van der Waals surface area contributed by atoms with Crippen LogP contribution >= 0.6 is 0 Å². The first kappa shape index (κ1) is 26.3. The molecule has 0 spiro atoms. The van der Waals surface area contributed by atoms with Crippen molar-refractivity contribution in [2.24, 2.45) is 5.92 Å². The Morgan fingerprint density at radius 3 is 2.49 bits per heavy atom. The van der Waals surface area contributed by atoms with Gasteiger partial charge in [0.05, 0.1) is 32.0 Å². The normalized spacial score (nSPS) is 28.6. The third kappa shape index (κ3) is 7.63. The predicted molar refractivity (Wildman–Crippen MR) is 136 cm³/mol. The first-order chi connectivity index (χ1) is 17.1. The van der Waals surface area contributed by atoms with Crippen LogP contribution in [0.25, 0.3) is 0 Å². The van der Waals surface area contributed by atoms with Crippen LogP contribution in [0.5, 0.6) is 0 Å². The number of ether oxygens (including phenoxy) is 2. The maximum atomic E-state index is 11.0. The Kier molecular flexibility index (Phi) is 10.2. The molecule has 1 aromatic carbocycles. The zero-order valence-electron chi connectivity index (χ0n) is 21.0. The SMILES string of the molecule is O=C(O)CC/C=C\CC[C@@H]1[C@@H](N2CCOCC2)[C@H](O)C[C@@H]1OCc1ccc(C2CCCCC2)cc1. The molecule has 2 aliphatic carbocycles. The highest BCUT2D eigenvalue weighted by Gasteiger charge is 2.45. The highest BCUT2D eigenvalue weighted by atomic mass is 16.5. The lowest BCUT2D eigenvalue weighted by molar-refractivity contribution is -0.136. The van der Waals surface area contributed by atoms with E-state index in [4.69, 9.17) is 14.6 Å². The van der Waals surface area contributed by atoms with Crippen LogP contribution in [0.2, 0.25) is 0 Å². The van der Waals surface area contributed by atoms with Crippen LogP contribution < -0.4 is 0 Å². The van der Waals surface area contributed by atoms with E-state index in [-0.39, 0.29) is 24.5 Å². The van der Waals surface area contributed by atoms with Gasteiger partial charge in [0.25, 0.3) is 0 Å². The molecule has 1 heterocycles. The molecule has 3 fully saturated rings. The van der Waals surface area contributed by atoms with Crippen molar-refractivity contribution in [1.82, 2.24) is 4.90 Å². The predicted octanol–water partition coefficient (Wildman–Crippen LogP) is 4.90. The Bertz CT molecular complexity index is 798. The number of hydrogen-bond donors (Lipinski definition) is 2. The number of allylic oxidation sites excluding steroid dienone is 2. The highest BCUT2D eigenvalue weighted by Crippen LogP contribution is 2.37. The second-order valence-electron chi connectivity index (χ2n) is 10.5. The summed E-state index contributed by atoms with van der Waals surface area (Å²) in [7, 11) is 0. The zero-order valence-corrected chi connectivity index (χ0v) is 21.0. The second-order valence-corrected chi connectivity index (χ2v) is 10.5. The lowest BCUT2D eigenvalue weighted by atomic mass is 9.84. The van der Waals surface area contributed by atoms with Gasteiger partial charge >= 0.3 is 5.97 Å². The van der Waals surface area contributed by atoms with Crippen LogP contribution in [0.4, 0.5) is 0 Å². The van der Waals surface area contributed by atoms with E-state index in [2.05, 4.69) is 35.2 Å². The minimum absolute atomic E-state index is 0.0169. The third-order valence-corrected chi connectivity index (χ3v) is 8.13. The Morgan fingerprint density at radius 2 is 1.77 bits per heavy atom. The third-order valence-electron chi connectivity index (χ3n) is 8.13. The van der Waals surface area contributed by atoms with Gasteiger partial charge in [0.2, 0.25) is 0 Å².